The second kappa shape index (κ2) is 4.92. The van der Waals surface area contributed by atoms with Crippen molar-refractivity contribution < 1.29 is 13.9 Å². The first-order valence-corrected chi connectivity index (χ1v) is 7.14. The molecule has 1 aromatic heterocycles. The van der Waals surface area contributed by atoms with Gasteiger partial charge in [0.2, 0.25) is 0 Å². The lowest BCUT2D eigenvalue weighted by Crippen LogP contribution is -2.10. The molecule has 21 heavy (non-hydrogen) atoms. The Morgan fingerprint density at radius 3 is 2.52 bits per heavy atom. The van der Waals surface area contributed by atoms with Gasteiger partial charge in [-0.1, -0.05) is 18.2 Å². The molecule has 0 unspecified atom stereocenters. The highest BCUT2D eigenvalue weighted by Crippen LogP contribution is 2.37. The predicted octanol–water partition coefficient (Wildman–Crippen LogP) is 4.69. The van der Waals surface area contributed by atoms with E-state index in [1.165, 1.54) is 0 Å². The fourth-order valence-corrected chi connectivity index (χ4v) is 2.96. The summed E-state index contributed by atoms with van der Waals surface area (Å²) in [5.41, 5.74) is 5.22. The zero-order valence-electron chi connectivity index (χ0n) is 12.7. The highest BCUT2D eigenvalue weighted by Gasteiger charge is 2.22. The van der Waals surface area contributed by atoms with Crippen LogP contribution in [0.15, 0.2) is 28.7 Å². The van der Waals surface area contributed by atoms with Crippen molar-refractivity contribution in [2.75, 3.05) is 6.61 Å². The molecular formula is C18H18O3. The molecule has 0 saturated heterocycles. The number of hydrogen-bond donors (Lipinski definition) is 0. The molecule has 0 amide bonds. The molecule has 1 heterocycles. The van der Waals surface area contributed by atoms with Crippen LogP contribution in [0.25, 0.3) is 21.9 Å². The summed E-state index contributed by atoms with van der Waals surface area (Å²) in [6.07, 6.45) is 0. The first-order chi connectivity index (χ1) is 10.1. The van der Waals surface area contributed by atoms with Gasteiger partial charge in [0.05, 0.1) is 12.2 Å². The van der Waals surface area contributed by atoms with E-state index in [4.69, 9.17) is 9.15 Å². The van der Waals surface area contributed by atoms with Crippen molar-refractivity contribution in [3.63, 3.8) is 0 Å². The summed E-state index contributed by atoms with van der Waals surface area (Å²) in [6.45, 7) is 8.09. The Kier molecular flexibility index (Phi) is 3.20. The summed E-state index contributed by atoms with van der Waals surface area (Å²) in [5, 5.41) is 2.05. The Bertz CT molecular complexity index is 856. The molecule has 0 aliphatic carbocycles. The molecule has 3 nitrogen and oxygen atoms in total. The number of rotatable bonds is 2. The quantitative estimate of drug-likeness (QED) is 0.640. The summed E-state index contributed by atoms with van der Waals surface area (Å²) in [7, 11) is 0. The molecule has 0 saturated carbocycles. The third-order valence-electron chi connectivity index (χ3n) is 4.10. The summed E-state index contributed by atoms with van der Waals surface area (Å²) in [4.78, 5) is 12.3. The van der Waals surface area contributed by atoms with Crippen LogP contribution in [-0.4, -0.2) is 12.6 Å². The number of carbonyl (C=O) groups excluding carboxylic acids is 1. The van der Waals surface area contributed by atoms with E-state index in [0.29, 0.717) is 12.2 Å². The van der Waals surface area contributed by atoms with Crippen molar-refractivity contribution >= 4 is 27.9 Å². The second-order valence-corrected chi connectivity index (χ2v) is 5.27. The van der Waals surface area contributed by atoms with Crippen LogP contribution >= 0.6 is 0 Å². The van der Waals surface area contributed by atoms with E-state index in [1.54, 1.807) is 0 Å². The van der Waals surface area contributed by atoms with Gasteiger partial charge in [-0.15, -0.1) is 0 Å². The first kappa shape index (κ1) is 13.7. The van der Waals surface area contributed by atoms with Gasteiger partial charge in [0, 0.05) is 10.8 Å². The number of benzene rings is 2. The maximum absolute atomic E-state index is 12.3. The lowest BCUT2D eigenvalue weighted by atomic mass is 9.93. The van der Waals surface area contributed by atoms with Gasteiger partial charge in [0.25, 0.3) is 0 Å². The van der Waals surface area contributed by atoms with Crippen LogP contribution in [0.2, 0.25) is 0 Å². The van der Waals surface area contributed by atoms with Crippen molar-refractivity contribution in [1.82, 2.24) is 0 Å². The number of furan rings is 1. The van der Waals surface area contributed by atoms with Gasteiger partial charge in [-0.3, -0.25) is 0 Å². The fourth-order valence-electron chi connectivity index (χ4n) is 2.96. The normalized spacial score (nSPS) is 11.2. The molecule has 0 aliphatic rings. The molecule has 0 bridgehead atoms. The number of ether oxygens (including phenoxy) is 1. The molecule has 3 aromatic rings. The molecule has 0 radical (unpaired) electrons. The van der Waals surface area contributed by atoms with Crippen LogP contribution < -0.4 is 0 Å². The van der Waals surface area contributed by atoms with Gasteiger partial charge in [0.15, 0.2) is 0 Å². The number of hydrogen-bond acceptors (Lipinski definition) is 3. The highest BCUT2D eigenvalue weighted by atomic mass is 16.5. The molecular weight excluding hydrogens is 264 g/mol. The van der Waals surface area contributed by atoms with Gasteiger partial charge < -0.3 is 9.15 Å². The number of carbonyl (C=O) groups is 1. The highest BCUT2D eigenvalue weighted by molar-refractivity contribution is 6.11. The largest absolute Gasteiger partial charge is 0.462 e. The Morgan fingerprint density at radius 1 is 1.10 bits per heavy atom. The molecule has 0 atom stereocenters. The Morgan fingerprint density at radius 2 is 1.81 bits per heavy atom. The summed E-state index contributed by atoms with van der Waals surface area (Å²) in [6, 6.07) is 7.91. The van der Waals surface area contributed by atoms with Crippen LogP contribution in [-0.2, 0) is 4.74 Å². The maximum Gasteiger partial charge on any atom is 0.338 e. The predicted molar refractivity (Wildman–Crippen MR) is 83.9 cm³/mol. The number of fused-ring (bicyclic) bond motifs is 3. The lowest BCUT2D eigenvalue weighted by molar-refractivity contribution is 0.0525. The van der Waals surface area contributed by atoms with E-state index in [2.05, 4.69) is 0 Å². The van der Waals surface area contributed by atoms with Crippen LogP contribution in [0, 0.1) is 20.8 Å². The Hall–Kier alpha value is -2.29. The van der Waals surface area contributed by atoms with E-state index >= 15 is 0 Å². The summed E-state index contributed by atoms with van der Waals surface area (Å²) >= 11 is 0. The van der Waals surface area contributed by atoms with Gasteiger partial charge in [-0.05, 0) is 50.5 Å². The minimum atomic E-state index is -0.261. The van der Waals surface area contributed by atoms with E-state index in [9.17, 15) is 4.79 Å². The lowest BCUT2D eigenvalue weighted by Gasteiger charge is -2.12. The first-order valence-electron chi connectivity index (χ1n) is 7.14. The van der Waals surface area contributed by atoms with Crippen LogP contribution in [0.3, 0.4) is 0 Å². The summed E-state index contributed by atoms with van der Waals surface area (Å²) in [5.74, 6) is -0.261. The van der Waals surface area contributed by atoms with Crippen molar-refractivity contribution in [1.29, 1.82) is 0 Å². The average Bonchev–Trinajstić information content (AvgIpc) is 2.85. The number of aryl methyl sites for hydroxylation is 2. The standard InChI is InChI=1S/C18H18O3/c1-5-20-18(19)15-10(2)11(3)17-16(12(15)4)13-8-6-7-9-14(13)21-17/h6-9H,5H2,1-4H3. The maximum atomic E-state index is 12.3. The fraction of sp³-hybridized carbons (Fsp3) is 0.278. The minimum absolute atomic E-state index is 0.261. The van der Waals surface area contributed by atoms with Crippen LogP contribution in [0.1, 0.15) is 34.0 Å². The Balaban J connectivity index is 2.45. The number of para-hydroxylation sites is 1. The topological polar surface area (TPSA) is 39.4 Å². The zero-order chi connectivity index (χ0) is 15.1. The van der Waals surface area contributed by atoms with Crippen molar-refractivity contribution in [2.45, 2.75) is 27.7 Å². The Labute approximate surface area is 123 Å². The van der Waals surface area contributed by atoms with Gasteiger partial charge in [-0.2, -0.15) is 0 Å². The van der Waals surface area contributed by atoms with Crippen LogP contribution in [0.5, 0.6) is 0 Å². The third kappa shape index (κ3) is 1.92. The molecule has 0 aliphatic heterocycles. The van der Waals surface area contributed by atoms with E-state index in [1.807, 2.05) is 52.0 Å². The molecule has 0 fully saturated rings. The summed E-state index contributed by atoms with van der Waals surface area (Å²) < 4.78 is 11.2. The van der Waals surface area contributed by atoms with E-state index < -0.39 is 0 Å². The van der Waals surface area contributed by atoms with Crippen LogP contribution in [0.4, 0.5) is 0 Å². The molecule has 3 rings (SSSR count). The minimum Gasteiger partial charge on any atom is -0.462 e. The van der Waals surface area contributed by atoms with Crippen molar-refractivity contribution in [3.05, 3.63) is 46.5 Å². The molecule has 3 heteroatoms. The molecule has 108 valence electrons. The average molecular weight is 282 g/mol. The monoisotopic (exact) mass is 282 g/mol. The SMILES string of the molecule is CCOC(=O)c1c(C)c(C)c2oc3ccccc3c2c1C. The van der Waals surface area contributed by atoms with E-state index in [-0.39, 0.29) is 5.97 Å². The second-order valence-electron chi connectivity index (χ2n) is 5.27. The van der Waals surface area contributed by atoms with E-state index in [0.717, 1.165) is 38.6 Å². The molecule has 2 aromatic carbocycles. The smallest absolute Gasteiger partial charge is 0.338 e. The molecule has 0 spiro atoms. The van der Waals surface area contributed by atoms with Gasteiger partial charge in [0.1, 0.15) is 11.2 Å². The molecule has 0 N–H and O–H groups in total. The van der Waals surface area contributed by atoms with Crippen molar-refractivity contribution in [2.24, 2.45) is 0 Å². The van der Waals surface area contributed by atoms with Gasteiger partial charge in [-0.25, -0.2) is 4.79 Å². The third-order valence-corrected chi connectivity index (χ3v) is 4.10. The number of esters is 1. The van der Waals surface area contributed by atoms with Crippen molar-refractivity contribution in [3.8, 4) is 0 Å². The van der Waals surface area contributed by atoms with Gasteiger partial charge >= 0.3 is 5.97 Å². The zero-order valence-corrected chi connectivity index (χ0v) is 12.7.